The first kappa shape index (κ1) is 26.9. The van der Waals surface area contributed by atoms with Gasteiger partial charge >= 0.3 is 12.1 Å². The van der Waals surface area contributed by atoms with Crippen LogP contribution in [0.2, 0.25) is 0 Å². The second-order valence-electron chi connectivity index (χ2n) is 10.1. The van der Waals surface area contributed by atoms with Crippen LogP contribution in [-0.4, -0.2) is 63.9 Å². The van der Waals surface area contributed by atoms with Gasteiger partial charge in [0.15, 0.2) is 0 Å². The zero-order chi connectivity index (χ0) is 27.3. The van der Waals surface area contributed by atoms with Crippen LogP contribution < -0.4 is 10.6 Å². The number of aliphatic carboxylic acids is 1. The van der Waals surface area contributed by atoms with Crippen LogP contribution in [-0.2, 0) is 25.5 Å². The third kappa shape index (κ3) is 6.57. The number of carbonyl (C=O) groups excluding carboxylic acids is 2. The van der Waals surface area contributed by atoms with Crippen LogP contribution in [0.1, 0.15) is 43.5 Å². The van der Waals surface area contributed by atoms with Gasteiger partial charge < -0.3 is 30.2 Å². The summed E-state index contributed by atoms with van der Waals surface area (Å²) < 4.78 is 11.3. The van der Waals surface area contributed by atoms with E-state index in [2.05, 4.69) is 20.6 Å². The van der Waals surface area contributed by atoms with Gasteiger partial charge in [-0.1, -0.05) is 48.5 Å². The number of amides is 2. The lowest BCUT2D eigenvalue weighted by molar-refractivity contribution is -0.142. The van der Waals surface area contributed by atoms with Crippen LogP contribution in [0.15, 0.2) is 61.1 Å². The molecule has 2 atom stereocenters. The van der Waals surface area contributed by atoms with E-state index >= 15 is 0 Å². The van der Waals surface area contributed by atoms with Crippen LogP contribution in [0.4, 0.5) is 4.79 Å². The Hall–Kier alpha value is -4.18. The molecule has 10 heteroatoms. The minimum Gasteiger partial charge on any atom is -0.480 e. The number of fused-ring (bicyclic) bond motifs is 3. The molecule has 2 amide bonds. The summed E-state index contributed by atoms with van der Waals surface area (Å²) in [5.41, 5.74) is 4.21. The van der Waals surface area contributed by atoms with E-state index in [9.17, 15) is 19.5 Å². The number of H-pyrrole nitrogens is 1. The maximum absolute atomic E-state index is 13.1. The van der Waals surface area contributed by atoms with E-state index in [0.29, 0.717) is 5.69 Å². The Bertz CT molecular complexity index is 1240. The first-order chi connectivity index (χ1) is 18.1. The number of nitrogens with one attached hydrogen (secondary N) is 3. The zero-order valence-electron chi connectivity index (χ0n) is 21.6. The highest BCUT2D eigenvalue weighted by Gasteiger charge is 2.31. The van der Waals surface area contributed by atoms with E-state index in [0.717, 1.165) is 22.3 Å². The molecule has 0 bridgehead atoms. The molecule has 0 saturated carbocycles. The number of hydrogen-bond acceptors (Lipinski definition) is 6. The Morgan fingerprint density at radius 3 is 2.18 bits per heavy atom. The second-order valence-corrected chi connectivity index (χ2v) is 10.1. The fourth-order valence-corrected chi connectivity index (χ4v) is 4.38. The number of ether oxygens (including phenoxy) is 2. The van der Waals surface area contributed by atoms with E-state index < -0.39 is 35.7 Å². The molecule has 0 unspecified atom stereocenters. The fraction of sp³-hybridized carbons (Fsp3) is 0.357. The summed E-state index contributed by atoms with van der Waals surface area (Å²) in [6.07, 6.45) is 2.15. The van der Waals surface area contributed by atoms with Gasteiger partial charge in [0.05, 0.1) is 24.2 Å². The smallest absolute Gasteiger partial charge is 0.407 e. The van der Waals surface area contributed by atoms with Gasteiger partial charge in [-0.15, -0.1) is 0 Å². The normalized spacial score (nSPS) is 14.2. The Morgan fingerprint density at radius 1 is 1.00 bits per heavy atom. The first-order valence-corrected chi connectivity index (χ1v) is 12.4. The molecule has 10 nitrogen and oxygen atoms in total. The third-order valence-corrected chi connectivity index (χ3v) is 6.22. The van der Waals surface area contributed by atoms with Crippen molar-refractivity contribution in [2.24, 2.45) is 0 Å². The number of nitrogens with zero attached hydrogens (tertiary/aromatic N) is 1. The summed E-state index contributed by atoms with van der Waals surface area (Å²) in [5, 5.41) is 14.6. The summed E-state index contributed by atoms with van der Waals surface area (Å²) in [7, 11) is 0. The molecule has 38 heavy (non-hydrogen) atoms. The molecule has 2 aromatic carbocycles. The molecule has 0 radical (unpaired) electrons. The molecule has 1 aliphatic carbocycles. The van der Waals surface area contributed by atoms with Crippen molar-refractivity contribution in [3.05, 3.63) is 77.9 Å². The number of imidazole rings is 1. The molecular weight excluding hydrogens is 488 g/mol. The number of benzene rings is 2. The van der Waals surface area contributed by atoms with Gasteiger partial charge in [-0.25, -0.2) is 14.6 Å². The summed E-state index contributed by atoms with van der Waals surface area (Å²) >= 11 is 0. The van der Waals surface area contributed by atoms with E-state index in [4.69, 9.17) is 9.47 Å². The molecule has 4 N–H and O–H groups in total. The van der Waals surface area contributed by atoms with Gasteiger partial charge in [0.1, 0.15) is 18.7 Å². The molecule has 1 heterocycles. The monoisotopic (exact) mass is 520 g/mol. The van der Waals surface area contributed by atoms with Gasteiger partial charge in [0.2, 0.25) is 5.91 Å². The quantitative estimate of drug-likeness (QED) is 0.321. The molecule has 200 valence electrons. The maximum atomic E-state index is 13.1. The number of aromatic amines is 1. The highest BCUT2D eigenvalue weighted by molar-refractivity contribution is 5.89. The van der Waals surface area contributed by atoms with Crippen molar-refractivity contribution in [2.45, 2.75) is 50.8 Å². The average molecular weight is 521 g/mol. The predicted octanol–water partition coefficient (Wildman–Crippen LogP) is 3.24. The summed E-state index contributed by atoms with van der Waals surface area (Å²) in [6.45, 7) is 5.34. The van der Waals surface area contributed by atoms with Crippen molar-refractivity contribution in [1.82, 2.24) is 20.6 Å². The number of alkyl carbamates (subject to hydrolysis) is 1. The second kappa shape index (κ2) is 11.5. The lowest BCUT2D eigenvalue weighted by Gasteiger charge is -2.26. The van der Waals surface area contributed by atoms with Crippen molar-refractivity contribution >= 4 is 18.0 Å². The van der Waals surface area contributed by atoms with Crippen molar-refractivity contribution in [3.63, 3.8) is 0 Å². The lowest BCUT2D eigenvalue weighted by Crippen LogP contribution is -2.54. The molecular formula is C28H32N4O6. The number of rotatable bonds is 10. The van der Waals surface area contributed by atoms with E-state index in [1.807, 2.05) is 69.3 Å². The van der Waals surface area contributed by atoms with Gasteiger partial charge in [-0.3, -0.25) is 4.79 Å². The Labute approximate surface area is 220 Å². The summed E-state index contributed by atoms with van der Waals surface area (Å²) in [5.74, 6) is -2.07. The fourth-order valence-electron chi connectivity index (χ4n) is 4.38. The number of hydrogen-bond donors (Lipinski definition) is 4. The van der Waals surface area contributed by atoms with Gasteiger partial charge in [0, 0.05) is 18.5 Å². The predicted molar refractivity (Wildman–Crippen MR) is 140 cm³/mol. The zero-order valence-corrected chi connectivity index (χ0v) is 21.6. The van der Waals surface area contributed by atoms with Crippen LogP contribution in [0.25, 0.3) is 11.1 Å². The largest absolute Gasteiger partial charge is 0.480 e. The van der Waals surface area contributed by atoms with Crippen molar-refractivity contribution < 1.29 is 29.0 Å². The summed E-state index contributed by atoms with van der Waals surface area (Å²) in [4.78, 5) is 44.5. The van der Waals surface area contributed by atoms with Gasteiger partial charge in [0.25, 0.3) is 0 Å². The Kier molecular flexibility index (Phi) is 8.11. The summed E-state index contributed by atoms with van der Waals surface area (Å²) in [6, 6.07) is 13.5. The van der Waals surface area contributed by atoms with Gasteiger partial charge in [-0.05, 0) is 43.0 Å². The van der Waals surface area contributed by atoms with E-state index in [1.54, 1.807) is 6.20 Å². The van der Waals surface area contributed by atoms with E-state index in [-0.39, 0.29) is 25.6 Å². The highest BCUT2D eigenvalue weighted by Crippen LogP contribution is 2.44. The van der Waals surface area contributed by atoms with Crippen LogP contribution >= 0.6 is 0 Å². The Morgan fingerprint density at radius 2 is 1.63 bits per heavy atom. The topological polar surface area (TPSA) is 143 Å². The molecule has 1 aliphatic rings. The lowest BCUT2D eigenvalue weighted by atomic mass is 9.98. The third-order valence-electron chi connectivity index (χ3n) is 6.22. The average Bonchev–Trinajstić information content (AvgIpc) is 3.50. The van der Waals surface area contributed by atoms with Crippen LogP contribution in [0.5, 0.6) is 0 Å². The minimum absolute atomic E-state index is 0.0254. The molecule has 4 rings (SSSR count). The van der Waals surface area contributed by atoms with Crippen molar-refractivity contribution in [1.29, 1.82) is 0 Å². The van der Waals surface area contributed by atoms with E-state index in [1.165, 1.54) is 6.33 Å². The number of aromatic nitrogens is 2. The maximum Gasteiger partial charge on any atom is 0.407 e. The van der Waals surface area contributed by atoms with Crippen LogP contribution in [0.3, 0.4) is 0 Å². The highest BCUT2D eigenvalue weighted by atomic mass is 16.5. The molecule has 0 fully saturated rings. The first-order valence-electron chi connectivity index (χ1n) is 12.4. The molecule has 0 aliphatic heterocycles. The number of carbonyl (C=O) groups is 3. The molecule has 3 aromatic rings. The minimum atomic E-state index is -1.24. The molecule has 0 spiro atoms. The van der Waals surface area contributed by atoms with Crippen molar-refractivity contribution in [2.75, 3.05) is 13.2 Å². The number of carboxylic acid groups (broad SMARTS) is 1. The van der Waals surface area contributed by atoms with Gasteiger partial charge in [-0.2, -0.15) is 0 Å². The SMILES string of the molecule is CC(C)(C)OC[C@H](NC(=O)OCC1c2ccccc2-c2ccccc21)C(=O)N[C@@H](Cc1c[nH]cn1)C(=O)O. The Balaban J connectivity index is 1.43. The van der Waals surface area contributed by atoms with Crippen LogP contribution in [0, 0.1) is 0 Å². The standard InChI is InChI=1S/C28H32N4O6/c1-28(2,3)38-15-24(25(33)31-23(26(34)35)12-17-13-29-16-30-17)32-27(36)37-14-22-20-10-6-4-8-18(20)19-9-5-7-11-21(19)22/h4-11,13,16,22-24H,12,14-15H2,1-3H3,(H,29,30)(H,31,33)(H,32,36)(H,34,35)/t23-,24-/m0/s1. The molecule has 1 aromatic heterocycles. The number of carboxylic acids is 1. The molecule has 0 saturated heterocycles. The van der Waals surface area contributed by atoms with Crippen molar-refractivity contribution in [3.8, 4) is 11.1 Å².